The molecule has 1 heterocycles. The van der Waals surface area contributed by atoms with Crippen molar-refractivity contribution in [2.24, 2.45) is 0 Å². The van der Waals surface area contributed by atoms with E-state index in [4.69, 9.17) is 0 Å². The normalized spacial score (nSPS) is 10.5. The molecule has 0 fully saturated rings. The molecule has 2 aromatic carbocycles. The van der Waals surface area contributed by atoms with E-state index in [-0.39, 0.29) is 32.7 Å². The van der Waals surface area contributed by atoms with Gasteiger partial charge in [-0.25, -0.2) is 0 Å². The predicted octanol–water partition coefficient (Wildman–Crippen LogP) is 3.26. The molecule has 3 rings (SSSR count). The molecule has 3 aromatic rings. The van der Waals surface area contributed by atoms with Gasteiger partial charge in [0.25, 0.3) is 0 Å². The summed E-state index contributed by atoms with van der Waals surface area (Å²) in [7, 11) is 0. The molecule has 0 amide bonds. The molecule has 0 N–H and O–H groups in total. The van der Waals surface area contributed by atoms with Crippen LogP contribution in [0.4, 0.5) is 0 Å². The molecule has 0 spiro atoms. The van der Waals surface area contributed by atoms with Gasteiger partial charge in [0.15, 0.2) is 0 Å². The van der Waals surface area contributed by atoms with Gasteiger partial charge in [0.2, 0.25) is 0 Å². The van der Waals surface area contributed by atoms with E-state index < -0.39 is 0 Å². The van der Waals surface area contributed by atoms with Gasteiger partial charge >= 0.3 is 0 Å². The average molecular weight is 269 g/mol. The zero-order valence-electron chi connectivity index (χ0n) is 8.57. The second-order valence-electron chi connectivity index (χ2n) is 3.65. The summed E-state index contributed by atoms with van der Waals surface area (Å²) in [5.41, 5.74) is 3.46. The number of fused-ring (bicyclic) bond motifs is 3. The van der Waals surface area contributed by atoms with Crippen LogP contribution in [0.2, 0.25) is 0 Å². The second kappa shape index (κ2) is 4.07. The van der Waals surface area contributed by atoms with Crippen LogP contribution >= 0.6 is 0 Å². The standard InChI is InChI=1S/C13H10N.Y/c1-9-6-7-11-10-4-2-3-5-12(10)14-13(11)8-9;/h2-8H,1H3;/q-1;. The first-order valence-corrected chi connectivity index (χ1v) is 4.76. The Morgan fingerprint density at radius 1 is 0.867 bits per heavy atom. The summed E-state index contributed by atoms with van der Waals surface area (Å²) in [5, 5.41) is 2.51. The molecule has 0 saturated heterocycles. The minimum absolute atomic E-state index is 0. The van der Waals surface area contributed by atoms with Gasteiger partial charge < -0.3 is 4.98 Å². The number of nitrogens with zero attached hydrogens (tertiary/aromatic N) is 1. The van der Waals surface area contributed by atoms with Crippen molar-refractivity contribution < 1.29 is 32.7 Å². The third-order valence-electron chi connectivity index (χ3n) is 2.59. The van der Waals surface area contributed by atoms with Crippen molar-refractivity contribution >= 4 is 21.8 Å². The van der Waals surface area contributed by atoms with Crippen molar-refractivity contribution in [1.29, 1.82) is 0 Å². The molecular weight excluding hydrogens is 259 g/mol. The van der Waals surface area contributed by atoms with Crippen LogP contribution in [0.25, 0.3) is 21.8 Å². The van der Waals surface area contributed by atoms with Gasteiger partial charge in [-0.15, -0.1) is 11.0 Å². The van der Waals surface area contributed by atoms with Crippen LogP contribution in [0, 0.1) is 6.92 Å². The number of para-hydroxylation sites is 1. The zero-order valence-corrected chi connectivity index (χ0v) is 11.4. The summed E-state index contributed by atoms with van der Waals surface area (Å²) in [6.45, 7) is 2.10. The third kappa shape index (κ3) is 1.75. The van der Waals surface area contributed by atoms with Gasteiger partial charge in [-0.2, -0.15) is 0 Å². The van der Waals surface area contributed by atoms with Crippen molar-refractivity contribution in [3.05, 3.63) is 48.0 Å². The van der Waals surface area contributed by atoms with Crippen molar-refractivity contribution in [2.45, 2.75) is 6.92 Å². The van der Waals surface area contributed by atoms with E-state index in [1.54, 1.807) is 0 Å². The van der Waals surface area contributed by atoms with Gasteiger partial charge in [0.1, 0.15) is 0 Å². The summed E-state index contributed by atoms with van der Waals surface area (Å²) in [6, 6.07) is 14.7. The van der Waals surface area contributed by atoms with Gasteiger partial charge in [0.05, 0.1) is 0 Å². The van der Waals surface area contributed by atoms with Crippen LogP contribution in [-0.4, -0.2) is 0 Å². The molecule has 0 aliphatic rings. The maximum atomic E-state index is 4.58. The monoisotopic (exact) mass is 269 g/mol. The summed E-state index contributed by atoms with van der Waals surface area (Å²) in [6.07, 6.45) is 0. The first kappa shape index (κ1) is 10.8. The minimum atomic E-state index is 0. The van der Waals surface area contributed by atoms with Crippen LogP contribution in [0.1, 0.15) is 5.56 Å². The molecule has 71 valence electrons. The maximum Gasteiger partial charge on any atom is 0 e. The Kier molecular flexibility index (Phi) is 2.95. The number of hydrogen-bond acceptors (Lipinski definition) is 0. The fraction of sp³-hybridized carbons (Fsp3) is 0.0769. The molecule has 0 saturated carbocycles. The van der Waals surface area contributed by atoms with Crippen LogP contribution < -0.4 is 4.98 Å². The molecule has 1 nitrogen and oxygen atoms in total. The van der Waals surface area contributed by atoms with Gasteiger partial charge in [0, 0.05) is 32.7 Å². The van der Waals surface area contributed by atoms with Gasteiger partial charge in [-0.1, -0.05) is 48.0 Å². The Morgan fingerprint density at radius 2 is 1.60 bits per heavy atom. The molecule has 0 aliphatic heterocycles. The van der Waals surface area contributed by atoms with E-state index in [0.29, 0.717) is 0 Å². The molecule has 0 aliphatic carbocycles. The van der Waals surface area contributed by atoms with E-state index in [0.717, 1.165) is 11.0 Å². The number of rotatable bonds is 0. The second-order valence-corrected chi connectivity index (χ2v) is 3.65. The molecular formula is C13H10NY-. The van der Waals surface area contributed by atoms with Crippen LogP contribution in [0.15, 0.2) is 42.5 Å². The molecule has 0 unspecified atom stereocenters. The van der Waals surface area contributed by atoms with Crippen molar-refractivity contribution in [2.75, 3.05) is 0 Å². The summed E-state index contributed by atoms with van der Waals surface area (Å²) in [5.74, 6) is 0. The number of aryl methyl sites for hydroxylation is 1. The van der Waals surface area contributed by atoms with Crippen molar-refractivity contribution in [3.8, 4) is 0 Å². The van der Waals surface area contributed by atoms with Crippen molar-refractivity contribution in [3.63, 3.8) is 0 Å². The van der Waals surface area contributed by atoms with E-state index in [1.165, 1.54) is 16.3 Å². The summed E-state index contributed by atoms with van der Waals surface area (Å²) < 4.78 is 0. The van der Waals surface area contributed by atoms with Gasteiger partial charge in [-0.05, 0) is 17.7 Å². The quantitative estimate of drug-likeness (QED) is 0.611. The maximum absolute atomic E-state index is 4.58. The van der Waals surface area contributed by atoms with E-state index in [9.17, 15) is 0 Å². The SMILES string of the molecule is Cc1ccc2c(c1)[n-]c1ccccc12.[Y]. The molecule has 15 heavy (non-hydrogen) atoms. The molecule has 1 radical (unpaired) electrons. The van der Waals surface area contributed by atoms with E-state index >= 15 is 0 Å². The molecule has 0 bridgehead atoms. The smallest absolute Gasteiger partial charge is 0 e. The first-order valence-electron chi connectivity index (χ1n) is 4.76. The van der Waals surface area contributed by atoms with Crippen molar-refractivity contribution in [1.82, 2.24) is 4.98 Å². The topological polar surface area (TPSA) is 14.1 Å². The molecule has 0 atom stereocenters. The fourth-order valence-electron chi connectivity index (χ4n) is 1.89. The largest absolute Gasteiger partial charge is 0.657 e. The average Bonchev–Trinajstić information content (AvgIpc) is 2.54. The Hall–Kier alpha value is -0.656. The summed E-state index contributed by atoms with van der Waals surface area (Å²) >= 11 is 0. The minimum Gasteiger partial charge on any atom is -0.657 e. The number of benzene rings is 2. The fourth-order valence-corrected chi connectivity index (χ4v) is 1.89. The van der Waals surface area contributed by atoms with E-state index in [2.05, 4.69) is 48.3 Å². The van der Waals surface area contributed by atoms with Crippen LogP contribution in [0.5, 0.6) is 0 Å². The summed E-state index contributed by atoms with van der Waals surface area (Å²) in [4.78, 5) is 4.58. The Balaban J connectivity index is 0.000000853. The molecule has 1 aromatic heterocycles. The van der Waals surface area contributed by atoms with Crippen LogP contribution in [-0.2, 0) is 32.7 Å². The Morgan fingerprint density at radius 3 is 2.47 bits per heavy atom. The zero-order chi connectivity index (χ0) is 9.54. The Bertz CT molecular complexity index is 610. The predicted molar refractivity (Wildman–Crippen MR) is 59.5 cm³/mol. The molecule has 2 heteroatoms. The van der Waals surface area contributed by atoms with E-state index in [1.807, 2.05) is 6.07 Å². The number of hydrogen-bond donors (Lipinski definition) is 0. The van der Waals surface area contributed by atoms with Gasteiger partial charge in [-0.3, -0.25) is 0 Å². The first-order chi connectivity index (χ1) is 6.84. The Labute approximate surface area is 114 Å². The number of aromatic nitrogens is 1. The third-order valence-corrected chi connectivity index (χ3v) is 2.59. The van der Waals surface area contributed by atoms with Crippen LogP contribution in [0.3, 0.4) is 0 Å².